The topological polar surface area (TPSA) is 65.7 Å². The minimum absolute atomic E-state index is 0.0434. The largest absolute Gasteiger partial charge is 0.497 e. The molecule has 0 spiro atoms. The molecule has 102 valence electrons. The van der Waals surface area contributed by atoms with Crippen LogP contribution in [0.3, 0.4) is 0 Å². The second kappa shape index (κ2) is 7.92. The van der Waals surface area contributed by atoms with Gasteiger partial charge in [-0.05, 0) is 23.8 Å². The lowest BCUT2D eigenvalue weighted by Gasteiger charge is -2.15. The first-order chi connectivity index (χ1) is 8.71. The maximum atomic E-state index is 5.90. The third kappa shape index (κ3) is 4.52. The van der Waals surface area contributed by atoms with Crippen LogP contribution in [0.1, 0.15) is 5.56 Å². The van der Waals surface area contributed by atoms with Crippen molar-refractivity contribution in [1.82, 2.24) is 5.32 Å². The predicted molar refractivity (Wildman–Crippen MR) is 71.8 cm³/mol. The summed E-state index contributed by atoms with van der Waals surface area (Å²) in [5, 5.41) is 3.29. The van der Waals surface area contributed by atoms with Gasteiger partial charge in [-0.3, -0.25) is 0 Å². The summed E-state index contributed by atoms with van der Waals surface area (Å²) in [5.41, 5.74) is 7.67. The van der Waals surface area contributed by atoms with Crippen LogP contribution in [0.5, 0.6) is 5.75 Å². The summed E-state index contributed by atoms with van der Waals surface area (Å²) in [6.45, 7) is 1.95. The predicted octanol–water partition coefficient (Wildman–Crippen LogP) is 1.03. The van der Waals surface area contributed by atoms with E-state index in [1.54, 1.807) is 21.3 Å². The molecule has 0 amide bonds. The SMILES string of the molecule is COCC(CNCc1cc(OC)ccc1N)OC. The van der Waals surface area contributed by atoms with E-state index in [4.69, 9.17) is 19.9 Å². The summed E-state index contributed by atoms with van der Waals surface area (Å²) in [4.78, 5) is 0. The van der Waals surface area contributed by atoms with Gasteiger partial charge in [-0.15, -0.1) is 0 Å². The van der Waals surface area contributed by atoms with Crippen LogP contribution < -0.4 is 15.8 Å². The van der Waals surface area contributed by atoms with Gasteiger partial charge in [-0.25, -0.2) is 0 Å². The van der Waals surface area contributed by atoms with Crippen molar-refractivity contribution in [2.45, 2.75) is 12.6 Å². The molecule has 0 bridgehead atoms. The van der Waals surface area contributed by atoms with Gasteiger partial charge < -0.3 is 25.3 Å². The van der Waals surface area contributed by atoms with E-state index in [1.807, 2.05) is 18.2 Å². The van der Waals surface area contributed by atoms with Crippen molar-refractivity contribution in [3.05, 3.63) is 23.8 Å². The van der Waals surface area contributed by atoms with Crippen LogP contribution in [0.25, 0.3) is 0 Å². The van der Waals surface area contributed by atoms with Crippen LogP contribution in [-0.4, -0.2) is 40.6 Å². The fourth-order valence-corrected chi connectivity index (χ4v) is 1.63. The maximum Gasteiger partial charge on any atom is 0.119 e. The highest BCUT2D eigenvalue weighted by atomic mass is 16.5. The molecule has 0 aromatic heterocycles. The van der Waals surface area contributed by atoms with Gasteiger partial charge in [-0.1, -0.05) is 0 Å². The molecule has 0 heterocycles. The second-order valence-corrected chi connectivity index (χ2v) is 4.01. The Morgan fingerprint density at radius 3 is 2.67 bits per heavy atom. The minimum Gasteiger partial charge on any atom is -0.497 e. The van der Waals surface area contributed by atoms with Crippen LogP contribution in [0.15, 0.2) is 18.2 Å². The Hall–Kier alpha value is -1.30. The molecule has 0 saturated carbocycles. The summed E-state index contributed by atoms with van der Waals surface area (Å²) < 4.78 is 15.5. The Morgan fingerprint density at radius 1 is 1.28 bits per heavy atom. The smallest absolute Gasteiger partial charge is 0.119 e. The third-order valence-electron chi connectivity index (χ3n) is 2.72. The van der Waals surface area contributed by atoms with Crippen LogP contribution in [0.4, 0.5) is 5.69 Å². The maximum absolute atomic E-state index is 5.90. The van der Waals surface area contributed by atoms with Crippen molar-refractivity contribution in [2.75, 3.05) is 40.2 Å². The lowest BCUT2D eigenvalue weighted by molar-refractivity contribution is 0.0288. The first-order valence-electron chi connectivity index (χ1n) is 5.86. The van der Waals surface area contributed by atoms with E-state index in [1.165, 1.54) is 0 Å². The van der Waals surface area contributed by atoms with Gasteiger partial charge in [0.05, 0.1) is 19.8 Å². The Balaban J connectivity index is 2.47. The van der Waals surface area contributed by atoms with E-state index < -0.39 is 0 Å². The molecule has 5 heteroatoms. The molecule has 0 fully saturated rings. The molecule has 3 N–H and O–H groups in total. The molecule has 1 atom stereocenters. The molecule has 1 unspecified atom stereocenters. The van der Waals surface area contributed by atoms with Crippen molar-refractivity contribution in [1.29, 1.82) is 0 Å². The molecule has 0 aliphatic rings. The first kappa shape index (κ1) is 14.8. The van der Waals surface area contributed by atoms with Crippen molar-refractivity contribution in [3.63, 3.8) is 0 Å². The number of anilines is 1. The summed E-state index contributed by atoms with van der Waals surface area (Å²) in [6.07, 6.45) is 0.0434. The highest BCUT2D eigenvalue weighted by molar-refractivity contribution is 5.50. The zero-order valence-electron chi connectivity index (χ0n) is 11.2. The van der Waals surface area contributed by atoms with E-state index in [-0.39, 0.29) is 6.10 Å². The summed E-state index contributed by atoms with van der Waals surface area (Å²) in [5.74, 6) is 0.807. The molecule has 1 aromatic carbocycles. The Labute approximate surface area is 108 Å². The number of nitrogens with one attached hydrogen (secondary N) is 1. The lowest BCUT2D eigenvalue weighted by Crippen LogP contribution is -2.31. The van der Waals surface area contributed by atoms with Gasteiger partial charge in [0.25, 0.3) is 0 Å². The Kier molecular flexibility index (Phi) is 6.49. The van der Waals surface area contributed by atoms with E-state index in [0.29, 0.717) is 19.7 Å². The van der Waals surface area contributed by atoms with Crippen LogP contribution >= 0.6 is 0 Å². The van der Waals surface area contributed by atoms with Crippen LogP contribution in [0.2, 0.25) is 0 Å². The van der Waals surface area contributed by atoms with Gasteiger partial charge in [0.15, 0.2) is 0 Å². The highest BCUT2D eigenvalue weighted by Gasteiger charge is 2.07. The summed E-state index contributed by atoms with van der Waals surface area (Å²) >= 11 is 0. The Morgan fingerprint density at radius 2 is 2.06 bits per heavy atom. The molecule has 0 aliphatic carbocycles. The number of methoxy groups -OCH3 is 3. The number of nitrogen functional groups attached to an aromatic ring is 1. The molecule has 0 radical (unpaired) electrons. The molecule has 18 heavy (non-hydrogen) atoms. The van der Waals surface area contributed by atoms with Crippen molar-refractivity contribution >= 4 is 5.69 Å². The number of rotatable bonds is 8. The zero-order valence-corrected chi connectivity index (χ0v) is 11.2. The first-order valence-corrected chi connectivity index (χ1v) is 5.86. The standard InChI is InChI=1S/C13H22N2O3/c1-16-9-12(18-3)8-15-7-10-6-11(17-2)4-5-13(10)14/h4-6,12,15H,7-9,14H2,1-3H3. The van der Waals surface area contributed by atoms with Crippen molar-refractivity contribution in [3.8, 4) is 5.75 Å². The van der Waals surface area contributed by atoms with Crippen LogP contribution in [-0.2, 0) is 16.0 Å². The molecular weight excluding hydrogens is 232 g/mol. The number of hydrogen-bond acceptors (Lipinski definition) is 5. The summed E-state index contributed by atoms with van der Waals surface area (Å²) in [6, 6.07) is 5.63. The van der Waals surface area contributed by atoms with Crippen LogP contribution in [0, 0.1) is 0 Å². The Bertz CT molecular complexity index is 358. The van der Waals surface area contributed by atoms with Gasteiger partial charge in [0, 0.05) is 33.0 Å². The molecule has 5 nitrogen and oxygen atoms in total. The van der Waals surface area contributed by atoms with Crippen molar-refractivity contribution in [2.24, 2.45) is 0 Å². The van der Waals surface area contributed by atoms with Gasteiger partial charge in [0.2, 0.25) is 0 Å². The van der Waals surface area contributed by atoms with E-state index in [2.05, 4.69) is 5.32 Å². The fourth-order valence-electron chi connectivity index (χ4n) is 1.63. The molecule has 1 rings (SSSR count). The number of hydrogen-bond donors (Lipinski definition) is 2. The van der Waals surface area contributed by atoms with Gasteiger partial charge in [-0.2, -0.15) is 0 Å². The van der Waals surface area contributed by atoms with E-state index in [9.17, 15) is 0 Å². The number of nitrogens with two attached hydrogens (primary N) is 1. The third-order valence-corrected chi connectivity index (χ3v) is 2.72. The van der Waals surface area contributed by atoms with Crippen molar-refractivity contribution < 1.29 is 14.2 Å². The number of benzene rings is 1. The summed E-state index contributed by atoms with van der Waals surface area (Å²) in [7, 11) is 4.97. The zero-order chi connectivity index (χ0) is 13.4. The number of ether oxygens (including phenoxy) is 3. The average Bonchev–Trinajstić information content (AvgIpc) is 2.39. The molecule has 1 aromatic rings. The lowest BCUT2D eigenvalue weighted by atomic mass is 10.1. The van der Waals surface area contributed by atoms with E-state index in [0.717, 1.165) is 17.0 Å². The average molecular weight is 254 g/mol. The highest BCUT2D eigenvalue weighted by Crippen LogP contribution is 2.19. The molecular formula is C13H22N2O3. The monoisotopic (exact) mass is 254 g/mol. The van der Waals surface area contributed by atoms with Gasteiger partial charge in [0.1, 0.15) is 5.75 Å². The van der Waals surface area contributed by atoms with Gasteiger partial charge >= 0.3 is 0 Å². The normalized spacial score (nSPS) is 12.4. The second-order valence-electron chi connectivity index (χ2n) is 4.01. The fraction of sp³-hybridized carbons (Fsp3) is 0.538. The van der Waals surface area contributed by atoms with E-state index >= 15 is 0 Å². The molecule has 0 saturated heterocycles. The quantitative estimate of drug-likeness (QED) is 0.678. The minimum atomic E-state index is 0.0434. The molecule has 0 aliphatic heterocycles.